The molecule has 0 aliphatic rings. The topological polar surface area (TPSA) is 38.9 Å². The summed E-state index contributed by atoms with van der Waals surface area (Å²) in [5, 5.41) is 0.535. The summed E-state index contributed by atoms with van der Waals surface area (Å²) in [4.78, 5) is 3.70. The van der Waals surface area contributed by atoms with Crippen molar-refractivity contribution < 1.29 is 13.2 Å². The van der Waals surface area contributed by atoms with E-state index in [1.807, 2.05) is 6.92 Å². The number of nitrogens with two attached hydrogens (primary N) is 1. The normalized spacial score (nSPS) is 12.1. The fourth-order valence-electron chi connectivity index (χ4n) is 1.85. The molecule has 0 bridgehead atoms. The second-order valence-corrected chi connectivity index (χ2v) is 4.99. The number of rotatable bonds is 0. The Balaban J connectivity index is 2.93. The average Bonchev–Trinajstić information content (AvgIpc) is 2.22. The lowest BCUT2D eigenvalue weighted by Gasteiger charge is -2.14. The van der Waals surface area contributed by atoms with Crippen LogP contribution in [0.25, 0.3) is 10.9 Å². The zero-order chi connectivity index (χ0) is 13.7. The van der Waals surface area contributed by atoms with Gasteiger partial charge in [0.05, 0.1) is 5.52 Å². The number of benzene rings is 1. The third kappa shape index (κ3) is 2.05. The fourth-order valence-corrected chi connectivity index (χ4v) is 2.52. The summed E-state index contributed by atoms with van der Waals surface area (Å²) in [7, 11) is 0. The maximum Gasteiger partial charge on any atom is 0.433 e. The van der Waals surface area contributed by atoms with E-state index in [-0.39, 0.29) is 16.8 Å². The molecule has 0 aliphatic heterocycles. The highest BCUT2D eigenvalue weighted by Crippen LogP contribution is 2.37. The van der Waals surface area contributed by atoms with Gasteiger partial charge in [-0.1, -0.05) is 0 Å². The predicted octanol–water partition coefficient (Wildman–Crippen LogP) is 4.22. The van der Waals surface area contributed by atoms with Crippen LogP contribution < -0.4 is 5.73 Å². The van der Waals surface area contributed by atoms with Gasteiger partial charge >= 0.3 is 6.18 Å². The number of aromatic nitrogens is 1. The lowest BCUT2D eigenvalue weighted by molar-refractivity contribution is -0.141. The Labute approximate surface area is 110 Å². The van der Waals surface area contributed by atoms with Gasteiger partial charge < -0.3 is 5.73 Å². The molecule has 2 nitrogen and oxygen atoms in total. The van der Waals surface area contributed by atoms with E-state index < -0.39 is 11.9 Å². The molecule has 0 unspecified atom stereocenters. The van der Waals surface area contributed by atoms with Crippen LogP contribution in [-0.2, 0) is 6.18 Å². The summed E-state index contributed by atoms with van der Waals surface area (Å²) in [6.07, 6.45) is -4.50. The molecule has 1 aromatic carbocycles. The fraction of sp³-hybridized carbons (Fsp3) is 0.250. The van der Waals surface area contributed by atoms with Crippen LogP contribution in [0, 0.1) is 13.8 Å². The van der Waals surface area contributed by atoms with E-state index in [1.165, 1.54) is 6.92 Å². The Kier molecular flexibility index (Phi) is 3.01. The number of hydrogen-bond donors (Lipinski definition) is 1. The molecule has 2 N–H and O–H groups in total. The van der Waals surface area contributed by atoms with Crippen molar-refractivity contribution in [2.75, 3.05) is 5.73 Å². The molecule has 0 atom stereocenters. The summed E-state index contributed by atoms with van der Waals surface area (Å²) >= 11 is 3.22. The van der Waals surface area contributed by atoms with Gasteiger partial charge in [0, 0.05) is 21.1 Å². The second kappa shape index (κ2) is 4.12. The number of hydrogen-bond acceptors (Lipinski definition) is 2. The molecule has 0 spiro atoms. The molecule has 1 heterocycles. The number of pyridine rings is 1. The van der Waals surface area contributed by atoms with Gasteiger partial charge in [0.15, 0.2) is 0 Å². The van der Waals surface area contributed by atoms with Gasteiger partial charge in [0.25, 0.3) is 0 Å². The molecular weight excluding hydrogens is 309 g/mol. The quantitative estimate of drug-likeness (QED) is 0.790. The van der Waals surface area contributed by atoms with Gasteiger partial charge in [0.2, 0.25) is 0 Å². The molecular formula is C12H10BrF3N2. The van der Waals surface area contributed by atoms with Gasteiger partial charge in [-0.15, -0.1) is 0 Å². The minimum Gasteiger partial charge on any atom is -0.398 e. The summed E-state index contributed by atoms with van der Waals surface area (Å²) < 4.78 is 39.0. The van der Waals surface area contributed by atoms with Crippen molar-refractivity contribution in [2.45, 2.75) is 20.0 Å². The summed E-state index contributed by atoms with van der Waals surface area (Å²) in [6, 6.07) is 3.44. The van der Waals surface area contributed by atoms with Gasteiger partial charge in [-0.25, -0.2) is 4.98 Å². The van der Waals surface area contributed by atoms with Crippen LogP contribution in [-0.4, -0.2) is 4.98 Å². The second-order valence-electron chi connectivity index (χ2n) is 4.14. The standard InChI is InChI=1S/C12H10BrF3N2/c1-5-3-7-9(17)6(2)11(12(14,15)16)18-10(7)8(13)4-5/h3-4H,1-2H3,(H2,17,18). The van der Waals surface area contributed by atoms with Crippen molar-refractivity contribution in [2.24, 2.45) is 0 Å². The van der Waals surface area contributed by atoms with Crippen LogP contribution in [0.5, 0.6) is 0 Å². The highest BCUT2D eigenvalue weighted by molar-refractivity contribution is 9.10. The molecule has 0 radical (unpaired) electrons. The number of nitrogens with zero attached hydrogens (tertiary/aromatic N) is 1. The Bertz CT molecular complexity index is 635. The van der Waals surface area contributed by atoms with Crippen LogP contribution in [0.4, 0.5) is 18.9 Å². The molecule has 0 fully saturated rings. The molecule has 0 aliphatic carbocycles. The maximum absolute atomic E-state index is 12.8. The van der Waals surface area contributed by atoms with E-state index >= 15 is 0 Å². The molecule has 18 heavy (non-hydrogen) atoms. The Morgan fingerprint density at radius 1 is 1.22 bits per heavy atom. The number of aryl methyl sites for hydroxylation is 1. The van der Waals surface area contributed by atoms with Crippen molar-refractivity contribution in [3.05, 3.63) is 33.4 Å². The lowest BCUT2D eigenvalue weighted by Crippen LogP contribution is -2.12. The largest absolute Gasteiger partial charge is 0.433 e. The van der Waals surface area contributed by atoms with Gasteiger partial charge in [-0.2, -0.15) is 13.2 Å². The molecule has 2 aromatic rings. The Morgan fingerprint density at radius 2 is 1.83 bits per heavy atom. The first-order valence-corrected chi connectivity index (χ1v) is 5.94. The summed E-state index contributed by atoms with van der Waals surface area (Å²) in [5.74, 6) is 0. The monoisotopic (exact) mass is 318 g/mol. The van der Waals surface area contributed by atoms with E-state index in [4.69, 9.17) is 5.73 Å². The highest BCUT2D eigenvalue weighted by Gasteiger charge is 2.35. The highest BCUT2D eigenvalue weighted by atomic mass is 79.9. The molecule has 0 amide bonds. The molecule has 1 aromatic heterocycles. The zero-order valence-corrected chi connectivity index (χ0v) is 11.3. The van der Waals surface area contributed by atoms with Crippen molar-refractivity contribution in [1.29, 1.82) is 0 Å². The van der Waals surface area contributed by atoms with Crippen molar-refractivity contribution in [1.82, 2.24) is 4.98 Å². The Morgan fingerprint density at radius 3 is 2.39 bits per heavy atom. The molecule has 0 saturated heterocycles. The van der Waals surface area contributed by atoms with Crippen molar-refractivity contribution >= 4 is 32.5 Å². The number of nitrogen functional groups attached to an aromatic ring is 1. The smallest absolute Gasteiger partial charge is 0.398 e. The molecule has 96 valence electrons. The average molecular weight is 319 g/mol. The molecule has 2 rings (SSSR count). The van der Waals surface area contributed by atoms with E-state index in [1.54, 1.807) is 12.1 Å². The van der Waals surface area contributed by atoms with Crippen molar-refractivity contribution in [3.8, 4) is 0 Å². The first-order valence-electron chi connectivity index (χ1n) is 5.15. The third-order valence-electron chi connectivity index (χ3n) is 2.75. The number of alkyl halides is 3. The minimum atomic E-state index is -4.50. The van der Waals surface area contributed by atoms with E-state index in [0.29, 0.717) is 9.86 Å². The van der Waals surface area contributed by atoms with Crippen LogP contribution in [0.2, 0.25) is 0 Å². The van der Waals surface area contributed by atoms with E-state index in [2.05, 4.69) is 20.9 Å². The summed E-state index contributed by atoms with van der Waals surface area (Å²) in [5.41, 5.74) is 6.08. The zero-order valence-electron chi connectivity index (χ0n) is 9.69. The van der Waals surface area contributed by atoms with E-state index in [0.717, 1.165) is 5.56 Å². The first-order chi connectivity index (χ1) is 8.21. The summed E-state index contributed by atoms with van der Waals surface area (Å²) in [6.45, 7) is 3.18. The van der Waals surface area contributed by atoms with Crippen LogP contribution in [0.15, 0.2) is 16.6 Å². The minimum absolute atomic E-state index is 0.0347. The van der Waals surface area contributed by atoms with Crippen molar-refractivity contribution in [3.63, 3.8) is 0 Å². The number of halogens is 4. The van der Waals surface area contributed by atoms with E-state index in [9.17, 15) is 13.2 Å². The third-order valence-corrected chi connectivity index (χ3v) is 3.35. The molecule has 0 saturated carbocycles. The number of fused-ring (bicyclic) bond motifs is 1. The number of anilines is 1. The lowest BCUT2D eigenvalue weighted by atomic mass is 10.0. The maximum atomic E-state index is 12.8. The van der Waals surface area contributed by atoms with Crippen LogP contribution in [0.3, 0.4) is 0 Å². The van der Waals surface area contributed by atoms with Gasteiger partial charge in [-0.3, -0.25) is 0 Å². The SMILES string of the molecule is Cc1cc(Br)c2nc(C(F)(F)F)c(C)c(N)c2c1. The van der Waals surface area contributed by atoms with Crippen LogP contribution in [0.1, 0.15) is 16.8 Å². The van der Waals surface area contributed by atoms with Gasteiger partial charge in [-0.05, 0) is 47.5 Å². The molecule has 6 heteroatoms. The first kappa shape index (κ1) is 13.1. The van der Waals surface area contributed by atoms with Crippen LogP contribution >= 0.6 is 15.9 Å². The van der Waals surface area contributed by atoms with Gasteiger partial charge in [0.1, 0.15) is 5.69 Å². The Hall–Kier alpha value is -1.30. The predicted molar refractivity (Wildman–Crippen MR) is 68.3 cm³/mol.